The number of hydrogen-bond acceptors (Lipinski definition) is 4. The largest absolute Gasteiger partial charge is 0.504 e. The zero-order chi connectivity index (χ0) is 9.84. The lowest BCUT2D eigenvalue weighted by molar-refractivity contribution is 0.447. The van der Waals surface area contributed by atoms with Crippen LogP contribution in [-0.2, 0) is 0 Å². The Morgan fingerprint density at radius 3 is 2.85 bits per heavy atom. The van der Waals surface area contributed by atoms with Crippen molar-refractivity contribution in [3.05, 3.63) is 28.1 Å². The van der Waals surface area contributed by atoms with Crippen molar-refractivity contribution >= 4 is 19.9 Å². The predicted molar refractivity (Wildman–Crippen MR) is 52.4 cm³/mol. The number of nitrogens with zero attached hydrogens (tertiary/aromatic N) is 1. The van der Waals surface area contributed by atoms with E-state index in [4.69, 9.17) is 16.1 Å². The summed E-state index contributed by atoms with van der Waals surface area (Å²) in [6.45, 7) is 1.54. The van der Waals surface area contributed by atoms with Crippen molar-refractivity contribution in [3.63, 3.8) is 0 Å². The van der Waals surface area contributed by atoms with Gasteiger partial charge in [0.1, 0.15) is 0 Å². The van der Waals surface area contributed by atoms with Crippen molar-refractivity contribution in [1.29, 1.82) is 0 Å². The lowest BCUT2D eigenvalue weighted by Crippen LogP contribution is -1.83. The molecule has 0 heterocycles. The van der Waals surface area contributed by atoms with Gasteiger partial charge in [0.15, 0.2) is 11.5 Å². The van der Waals surface area contributed by atoms with Crippen LogP contribution in [0.4, 0.5) is 0 Å². The van der Waals surface area contributed by atoms with Gasteiger partial charge in [0, 0.05) is 17.8 Å². The molecular weight excluding hydrogens is 213 g/mol. The first kappa shape index (κ1) is 10.2. The molecule has 13 heavy (non-hydrogen) atoms. The molecule has 0 saturated heterocycles. The molecule has 0 spiro atoms. The maximum atomic E-state index is 10.0. The molecular formula is C7H7ClNO3P. The molecule has 0 aliphatic carbocycles. The summed E-state index contributed by atoms with van der Waals surface area (Å²) in [5, 5.41) is 9.70. The standard InChI is InChI=1S/C7H7ClNO3P/c1-13(9-11)12-7-3-2-5(8)4-6(7)10/h2-4,10H,1H3. The van der Waals surface area contributed by atoms with Crippen LogP contribution in [-0.4, -0.2) is 11.8 Å². The smallest absolute Gasteiger partial charge is 0.253 e. The number of phenols is 1. The second-order valence-electron chi connectivity index (χ2n) is 2.25. The fourth-order valence-corrected chi connectivity index (χ4v) is 1.37. The third kappa shape index (κ3) is 2.83. The molecule has 1 atom stereocenters. The number of rotatable bonds is 3. The van der Waals surface area contributed by atoms with Crippen molar-refractivity contribution in [2.45, 2.75) is 0 Å². The molecule has 4 nitrogen and oxygen atoms in total. The molecule has 0 radical (unpaired) electrons. The molecule has 1 rings (SSSR count). The summed E-state index contributed by atoms with van der Waals surface area (Å²) in [4.78, 5) is 12.7. The number of phenolic OH excluding ortho intramolecular Hbond substituents is 1. The van der Waals surface area contributed by atoms with E-state index in [1.54, 1.807) is 6.07 Å². The molecule has 70 valence electrons. The van der Waals surface area contributed by atoms with Gasteiger partial charge in [0.25, 0.3) is 8.30 Å². The second-order valence-corrected chi connectivity index (χ2v) is 3.96. The Morgan fingerprint density at radius 1 is 1.62 bits per heavy atom. The fourth-order valence-electron chi connectivity index (χ4n) is 0.727. The molecule has 6 heteroatoms. The summed E-state index contributed by atoms with van der Waals surface area (Å²) in [5.74, 6) is 0.128. The van der Waals surface area contributed by atoms with E-state index >= 15 is 0 Å². The van der Waals surface area contributed by atoms with Crippen LogP contribution in [0.5, 0.6) is 11.5 Å². The molecule has 0 aliphatic rings. The summed E-state index contributed by atoms with van der Waals surface area (Å²) in [6.07, 6.45) is 0. The van der Waals surface area contributed by atoms with E-state index in [1.165, 1.54) is 18.8 Å². The molecule has 0 amide bonds. The number of aromatic hydroxyl groups is 1. The summed E-state index contributed by atoms with van der Waals surface area (Å²) in [6, 6.07) is 4.39. The number of nitroso groups, excluding NO2 is 1. The first-order chi connectivity index (χ1) is 6.13. The van der Waals surface area contributed by atoms with Crippen LogP contribution in [0.25, 0.3) is 0 Å². The van der Waals surface area contributed by atoms with Crippen molar-refractivity contribution in [3.8, 4) is 11.5 Å². The van der Waals surface area contributed by atoms with Crippen LogP contribution in [0.1, 0.15) is 0 Å². The highest BCUT2D eigenvalue weighted by molar-refractivity contribution is 7.50. The minimum atomic E-state index is -1.41. The summed E-state index contributed by atoms with van der Waals surface area (Å²) < 4.78 is 5.03. The summed E-state index contributed by atoms with van der Waals surface area (Å²) >= 11 is 5.59. The molecule has 1 N–H and O–H groups in total. The van der Waals surface area contributed by atoms with Gasteiger partial charge in [-0.3, -0.25) is 0 Å². The molecule has 1 unspecified atom stereocenters. The Labute approximate surface area is 81.3 Å². The number of hydrogen-bond donors (Lipinski definition) is 1. The third-order valence-electron chi connectivity index (χ3n) is 1.27. The molecule has 1 aromatic carbocycles. The van der Waals surface area contributed by atoms with Crippen LogP contribution >= 0.6 is 19.9 Å². The maximum Gasteiger partial charge on any atom is 0.253 e. The van der Waals surface area contributed by atoms with E-state index in [0.717, 1.165) is 0 Å². The van der Waals surface area contributed by atoms with Crippen LogP contribution in [0.3, 0.4) is 0 Å². The first-order valence-electron chi connectivity index (χ1n) is 3.37. The van der Waals surface area contributed by atoms with Gasteiger partial charge in [-0.25, -0.2) is 0 Å². The Kier molecular flexibility index (Phi) is 3.46. The minimum absolute atomic E-state index is 0.0921. The molecule has 1 aromatic rings. The van der Waals surface area contributed by atoms with Crippen molar-refractivity contribution in [1.82, 2.24) is 0 Å². The van der Waals surface area contributed by atoms with Crippen LogP contribution in [0.2, 0.25) is 5.02 Å². The van der Waals surface area contributed by atoms with Crippen molar-refractivity contribution in [2.24, 2.45) is 4.95 Å². The van der Waals surface area contributed by atoms with Crippen LogP contribution < -0.4 is 4.52 Å². The number of benzene rings is 1. The molecule has 0 aromatic heterocycles. The van der Waals surface area contributed by atoms with Gasteiger partial charge in [-0.2, -0.15) is 0 Å². The maximum absolute atomic E-state index is 10.0. The first-order valence-corrected chi connectivity index (χ1v) is 5.40. The van der Waals surface area contributed by atoms with Gasteiger partial charge in [-0.1, -0.05) is 11.6 Å². The van der Waals surface area contributed by atoms with Crippen molar-refractivity contribution < 1.29 is 9.63 Å². The van der Waals surface area contributed by atoms with E-state index in [1.807, 2.05) is 0 Å². The number of halogens is 1. The molecule has 0 saturated carbocycles. The fraction of sp³-hybridized carbons (Fsp3) is 0.143. The van der Waals surface area contributed by atoms with E-state index in [9.17, 15) is 10.0 Å². The highest BCUT2D eigenvalue weighted by Crippen LogP contribution is 2.40. The lowest BCUT2D eigenvalue weighted by Gasteiger charge is -2.07. The van der Waals surface area contributed by atoms with Gasteiger partial charge in [0.2, 0.25) is 0 Å². The quantitative estimate of drug-likeness (QED) is 0.628. The van der Waals surface area contributed by atoms with Gasteiger partial charge < -0.3 is 9.63 Å². The second kappa shape index (κ2) is 4.40. The molecule has 0 aliphatic heterocycles. The minimum Gasteiger partial charge on any atom is -0.504 e. The van der Waals surface area contributed by atoms with E-state index < -0.39 is 8.30 Å². The van der Waals surface area contributed by atoms with Crippen LogP contribution in [0.15, 0.2) is 23.1 Å². The van der Waals surface area contributed by atoms with Gasteiger partial charge in [-0.15, -0.1) is 4.91 Å². The topological polar surface area (TPSA) is 58.9 Å². The van der Waals surface area contributed by atoms with Gasteiger partial charge in [-0.05, 0) is 17.1 Å². The molecule has 0 bridgehead atoms. The molecule has 0 fully saturated rings. The Bertz CT molecular complexity index is 321. The highest BCUT2D eigenvalue weighted by atomic mass is 35.5. The van der Waals surface area contributed by atoms with Crippen molar-refractivity contribution in [2.75, 3.05) is 6.66 Å². The van der Waals surface area contributed by atoms with Gasteiger partial charge in [0.05, 0.1) is 0 Å². The SMILES string of the molecule is CP(N=O)Oc1ccc(Cl)cc1O. The Balaban J connectivity index is 2.83. The van der Waals surface area contributed by atoms with E-state index in [0.29, 0.717) is 5.02 Å². The lowest BCUT2D eigenvalue weighted by atomic mass is 10.3. The highest BCUT2D eigenvalue weighted by Gasteiger charge is 2.08. The summed E-state index contributed by atoms with van der Waals surface area (Å²) in [7, 11) is -1.41. The average Bonchev–Trinajstić information content (AvgIpc) is 2.09. The monoisotopic (exact) mass is 219 g/mol. The van der Waals surface area contributed by atoms with E-state index in [2.05, 4.69) is 4.95 Å². The zero-order valence-corrected chi connectivity index (χ0v) is 8.42. The average molecular weight is 220 g/mol. The van der Waals surface area contributed by atoms with Gasteiger partial charge >= 0.3 is 0 Å². The van der Waals surface area contributed by atoms with E-state index in [-0.39, 0.29) is 11.5 Å². The normalized spacial score (nSPS) is 12.2. The Hall–Kier alpha value is -0.860. The zero-order valence-electron chi connectivity index (χ0n) is 6.77. The van der Waals surface area contributed by atoms with Crippen LogP contribution in [0, 0.1) is 4.91 Å². The summed E-state index contributed by atoms with van der Waals surface area (Å²) in [5.41, 5.74) is 0. The third-order valence-corrected chi connectivity index (χ3v) is 2.19. The Morgan fingerprint density at radius 2 is 2.31 bits per heavy atom. The predicted octanol–water partition coefficient (Wildman–Crippen LogP) is 3.13.